The zero-order valence-electron chi connectivity index (χ0n) is 11.9. The number of ether oxygens (including phenoxy) is 2. The molecule has 0 amide bonds. The lowest BCUT2D eigenvalue weighted by atomic mass is 10.0. The second-order valence-electron chi connectivity index (χ2n) is 4.92. The van der Waals surface area contributed by atoms with Gasteiger partial charge in [-0.25, -0.2) is 0 Å². The number of nitrogens with zero attached hydrogens (tertiary/aromatic N) is 1. The maximum atomic E-state index is 12.5. The highest BCUT2D eigenvalue weighted by Gasteiger charge is 2.30. The average molecular weight is 279 g/mol. The van der Waals surface area contributed by atoms with E-state index in [1.54, 1.807) is 31.4 Å². The average Bonchev–Trinajstić information content (AvgIpc) is 2.53. The van der Waals surface area contributed by atoms with E-state index in [0.717, 1.165) is 5.75 Å². The van der Waals surface area contributed by atoms with Crippen LogP contribution in [0.1, 0.15) is 17.3 Å². The van der Waals surface area contributed by atoms with Crippen molar-refractivity contribution in [2.45, 2.75) is 19.0 Å². The third-order valence-electron chi connectivity index (χ3n) is 3.74. The van der Waals surface area contributed by atoms with Crippen LogP contribution in [0.2, 0.25) is 0 Å². The van der Waals surface area contributed by atoms with Crippen LogP contribution in [-0.2, 0) is 4.74 Å². The standard InChI is InChI=1S/C15H21NO4/c1-11(16-7-8-20-10-13(16)9-17)15(18)12-3-5-14(19-2)6-4-12/h3-6,11,13,17H,7-10H2,1-2H3. The SMILES string of the molecule is COc1ccc(C(=O)C(C)N2CCOCC2CO)cc1. The zero-order chi connectivity index (χ0) is 14.5. The second-order valence-corrected chi connectivity index (χ2v) is 4.92. The number of carbonyl (C=O) groups is 1. The van der Waals surface area contributed by atoms with Crippen LogP contribution in [0.25, 0.3) is 0 Å². The number of benzene rings is 1. The van der Waals surface area contributed by atoms with E-state index in [1.165, 1.54) is 0 Å². The van der Waals surface area contributed by atoms with E-state index in [1.807, 2.05) is 11.8 Å². The Bertz CT molecular complexity index is 446. The topological polar surface area (TPSA) is 59.0 Å². The van der Waals surface area contributed by atoms with Crippen LogP contribution in [0.5, 0.6) is 5.75 Å². The smallest absolute Gasteiger partial charge is 0.179 e. The zero-order valence-corrected chi connectivity index (χ0v) is 11.9. The number of rotatable bonds is 5. The first-order valence-corrected chi connectivity index (χ1v) is 6.80. The van der Waals surface area contributed by atoms with E-state index >= 15 is 0 Å². The van der Waals surface area contributed by atoms with Gasteiger partial charge in [0.2, 0.25) is 0 Å². The molecule has 1 aromatic rings. The molecule has 0 radical (unpaired) electrons. The van der Waals surface area contributed by atoms with Gasteiger partial charge in [0, 0.05) is 12.1 Å². The van der Waals surface area contributed by atoms with Crippen molar-refractivity contribution >= 4 is 5.78 Å². The molecular formula is C15H21NO4. The van der Waals surface area contributed by atoms with E-state index in [4.69, 9.17) is 9.47 Å². The summed E-state index contributed by atoms with van der Waals surface area (Å²) < 4.78 is 10.4. The Hall–Kier alpha value is -1.43. The van der Waals surface area contributed by atoms with Gasteiger partial charge in [-0.05, 0) is 31.2 Å². The molecule has 0 aromatic heterocycles. The molecule has 2 atom stereocenters. The van der Waals surface area contributed by atoms with Crippen molar-refractivity contribution in [3.63, 3.8) is 0 Å². The molecule has 0 spiro atoms. The molecule has 5 heteroatoms. The molecule has 2 rings (SSSR count). The van der Waals surface area contributed by atoms with Crippen molar-refractivity contribution in [2.24, 2.45) is 0 Å². The fourth-order valence-electron chi connectivity index (χ4n) is 2.48. The van der Waals surface area contributed by atoms with Crippen LogP contribution in [0.4, 0.5) is 0 Å². The number of morpholine rings is 1. The number of ketones is 1. The quantitative estimate of drug-likeness (QED) is 0.814. The first-order chi connectivity index (χ1) is 9.67. The Morgan fingerprint density at radius 2 is 2.20 bits per heavy atom. The Labute approximate surface area is 119 Å². The summed E-state index contributed by atoms with van der Waals surface area (Å²) in [4.78, 5) is 14.5. The van der Waals surface area contributed by atoms with Crippen LogP contribution < -0.4 is 4.74 Å². The predicted octanol–water partition coefficient (Wildman–Crippen LogP) is 0.959. The van der Waals surface area contributed by atoms with Gasteiger partial charge in [0.25, 0.3) is 0 Å². The maximum absolute atomic E-state index is 12.5. The lowest BCUT2D eigenvalue weighted by molar-refractivity contribution is -0.0390. The second kappa shape index (κ2) is 6.83. The van der Waals surface area contributed by atoms with Crippen LogP contribution >= 0.6 is 0 Å². The molecule has 1 fully saturated rings. The molecule has 1 heterocycles. The molecule has 2 unspecified atom stereocenters. The molecule has 110 valence electrons. The highest BCUT2D eigenvalue weighted by molar-refractivity contribution is 6.00. The summed E-state index contributed by atoms with van der Waals surface area (Å²) in [5.74, 6) is 0.779. The molecule has 0 bridgehead atoms. The Morgan fingerprint density at radius 3 is 2.80 bits per heavy atom. The van der Waals surface area contributed by atoms with E-state index in [2.05, 4.69) is 0 Å². The summed E-state index contributed by atoms with van der Waals surface area (Å²) in [5, 5.41) is 9.38. The number of methoxy groups -OCH3 is 1. The highest BCUT2D eigenvalue weighted by Crippen LogP contribution is 2.17. The number of hydrogen-bond donors (Lipinski definition) is 1. The van der Waals surface area contributed by atoms with Crippen molar-refractivity contribution in [3.05, 3.63) is 29.8 Å². The summed E-state index contributed by atoms with van der Waals surface area (Å²) in [6, 6.07) is 6.72. The molecule has 1 N–H and O–H groups in total. The highest BCUT2D eigenvalue weighted by atomic mass is 16.5. The summed E-state index contributed by atoms with van der Waals surface area (Å²) in [6.45, 7) is 3.60. The normalized spacial score (nSPS) is 21.4. The number of hydrogen-bond acceptors (Lipinski definition) is 5. The minimum Gasteiger partial charge on any atom is -0.497 e. The molecule has 0 aliphatic carbocycles. The fraction of sp³-hybridized carbons (Fsp3) is 0.533. The van der Waals surface area contributed by atoms with Gasteiger partial charge < -0.3 is 14.6 Å². The molecule has 1 aliphatic rings. The lowest BCUT2D eigenvalue weighted by Crippen LogP contribution is -2.53. The van der Waals surface area contributed by atoms with Crippen molar-refractivity contribution in [1.29, 1.82) is 0 Å². The lowest BCUT2D eigenvalue weighted by Gasteiger charge is -2.38. The van der Waals surface area contributed by atoms with Crippen molar-refractivity contribution in [1.82, 2.24) is 4.90 Å². The van der Waals surface area contributed by atoms with Crippen molar-refractivity contribution in [3.8, 4) is 5.75 Å². The molecule has 0 saturated carbocycles. The molecule has 5 nitrogen and oxygen atoms in total. The van der Waals surface area contributed by atoms with Gasteiger partial charge in [0.05, 0.1) is 39.0 Å². The minimum atomic E-state index is -0.274. The van der Waals surface area contributed by atoms with Gasteiger partial charge >= 0.3 is 0 Å². The van der Waals surface area contributed by atoms with Crippen LogP contribution in [0.15, 0.2) is 24.3 Å². The molecule has 1 aliphatic heterocycles. The van der Waals surface area contributed by atoms with Crippen molar-refractivity contribution < 1.29 is 19.4 Å². The Balaban J connectivity index is 2.10. The van der Waals surface area contributed by atoms with Gasteiger partial charge in [-0.2, -0.15) is 0 Å². The van der Waals surface area contributed by atoms with Gasteiger partial charge in [0.15, 0.2) is 5.78 Å². The monoisotopic (exact) mass is 279 g/mol. The summed E-state index contributed by atoms with van der Waals surface area (Å²) in [6.07, 6.45) is 0. The molecule has 1 saturated heterocycles. The van der Waals surface area contributed by atoms with E-state index in [0.29, 0.717) is 25.3 Å². The first kappa shape index (κ1) is 15.0. The summed E-state index contributed by atoms with van der Waals surface area (Å²) >= 11 is 0. The molecule has 1 aromatic carbocycles. The number of Topliss-reactive ketones (excluding diaryl/α,β-unsaturated/α-hetero) is 1. The number of carbonyl (C=O) groups excluding carboxylic acids is 1. The number of aliphatic hydroxyl groups is 1. The maximum Gasteiger partial charge on any atom is 0.179 e. The van der Waals surface area contributed by atoms with Crippen LogP contribution in [0.3, 0.4) is 0 Å². The van der Waals surface area contributed by atoms with Crippen LogP contribution in [0, 0.1) is 0 Å². The van der Waals surface area contributed by atoms with Gasteiger partial charge in [0.1, 0.15) is 5.75 Å². The van der Waals surface area contributed by atoms with Gasteiger partial charge in [-0.1, -0.05) is 0 Å². The molecular weight excluding hydrogens is 258 g/mol. The van der Waals surface area contributed by atoms with E-state index < -0.39 is 0 Å². The Morgan fingerprint density at radius 1 is 1.50 bits per heavy atom. The molecule has 20 heavy (non-hydrogen) atoms. The van der Waals surface area contributed by atoms with Gasteiger partial charge in [-0.15, -0.1) is 0 Å². The summed E-state index contributed by atoms with van der Waals surface area (Å²) in [7, 11) is 1.60. The predicted molar refractivity (Wildman–Crippen MR) is 75.2 cm³/mol. The van der Waals surface area contributed by atoms with Crippen molar-refractivity contribution in [2.75, 3.05) is 33.5 Å². The fourth-order valence-corrected chi connectivity index (χ4v) is 2.48. The number of aliphatic hydroxyl groups excluding tert-OH is 1. The summed E-state index contributed by atoms with van der Waals surface area (Å²) in [5.41, 5.74) is 0.654. The third kappa shape index (κ3) is 3.17. The first-order valence-electron chi connectivity index (χ1n) is 6.80. The third-order valence-corrected chi connectivity index (χ3v) is 3.74. The van der Waals surface area contributed by atoms with Crippen LogP contribution in [-0.4, -0.2) is 61.3 Å². The van der Waals surface area contributed by atoms with E-state index in [-0.39, 0.29) is 24.5 Å². The van der Waals surface area contributed by atoms with Gasteiger partial charge in [-0.3, -0.25) is 9.69 Å². The minimum absolute atomic E-state index is 0.000231. The van der Waals surface area contributed by atoms with E-state index in [9.17, 15) is 9.90 Å². The Kier molecular flexibility index (Phi) is 5.11. The largest absolute Gasteiger partial charge is 0.497 e.